The van der Waals surface area contributed by atoms with Crippen molar-refractivity contribution < 1.29 is 9.59 Å². The average molecular weight is 381 g/mol. The maximum absolute atomic E-state index is 13.0. The fraction of sp³-hybridized carbons (Fsp3) is 0.409. The number of aromatic amines is 1. The van der Waals surface area contributed by atoms with Gasteiger partial charge in [-0.1, -0.05) is 37.3 Å². The maximum atomic E-state index is 13.0. The Morgan fingerprint density at radius 1 is 1.18 bits per heavy atom. The predicted octanol–water partition coefficient (Wildman–Crippen LogP) is 2.65. The Labute approximate surface area is 165 Å². The Balaban J connectivity index is 1.84. The topological polar surface area (TPSA) is 73.5 Å². The second kappa shape index (κ2) is 8.42. The summed E-state index contributed by atoms with van der Waals surface area (Å²) < 4.78 is 0. The van der Waals surface area contributed by atoms with Crippen LogP contribution in [-0.2, 0) is 11.3 Å². The van der Waals surface area contributed by atoms with Gasteiger partial charge in [-0.15, -0.1) is 0 Å². The predicted molar refractivity (Wildman–Crippen MR) is 108 cm³/mol. The number of amides is 2. The molecular weight excluding hydrogens is 354 g/mol. The second-order valence-corrected chi connectivity index (χ2v) is 7.39. The molecule has 6 nitrogen and oxygen atoms in total. The smallest absolute Gasteiger partial charge is 0.261 e. The number of aromatic nitrogens is 1. The van der Waals surface area contributed by atoms with Crippen LogP contribution >= 0.6 is 0 Å². The first-order chi connectivity index (χ1) is 13.4. The Kier molecular flexibility index (Phi) is 5.97. The zero-order valence-electron chi connectivity index (χ0n) is 16.7. The highest BCUT2D eigenvalue weighted by atomic mass is 16.2. The fourth-order valence-electron chi connectivity index (χ4n) is 3.61. The van der Waals surface area contributed by atoms with Gasteiger partial charge < -0.3 is 14.8 Å². The van der Waals surface area contributed by atoms with E-state index >= 15 is 0 Å². The van der Waals surface area contributed by atoms with Crippen molar-refractivity contribution >= 4 is 11.8 Å². The number of H-pyrrole nitrogens is 1. The lowest BCUT2D eigenvalue weighted by atomic mass is 10.1. The van der Waals surface area contributed by atoms with Crippen LogP contribution in [0.5, 0.6) is 0 Å². The van der Waals surface area contributed by atoms with Crippen molar-refractivity contribution in [1.29, 1.82) is 0 Å². The molecule has 28 heavy (non-hydrogen) atoms. The van der Waals surface area contributed by atoms with Crippen LogP contribution < -0.4 is 5.56 Å². The lowest BCUT2D eigenvalue weighted by molar-refractivity contribution is -0.133. The molecule has 6 heteroatoms. The molecule has 1 saturated heterocycles. The Morgan fingerprint density at radius 3 is 2.57 bits per heavy atom. The van der Waals surface area contributed by atoms with Gasteiger partial charge in [0.2, 0.25) is 5.91 Å². The van der Waals surface area contributed by atoms with Gasteiger partial charge in [-0.25, -0.2) is 0 Å². The highest BCUT2D eigenvalue weighted by molar-refractivity contribution is 5.94. The van der Waals surface area contributed by atoms with Gasteiger partial charge in [0.25, 0.3) is 11.5 Å². The van der Waals surface area contributed by atoms with E-state index in [1.165, 1.54) is 0 Å². The first-order valence-electron chi connectivity index (χ1n) is 9.74. The molecule has 1 aromatic heterocycles. The largest absolute Gasteiger partial charge is 0.336 e. The minimum atomic E-state index is -0.377. The number of carbonyl (C=O) groups is 2. The molecule has 0 bridgehead atoms. The van der Waals surface area contributed by atoms with Crippen LogP contribution in [0.3, 0.4) is 0 Å². The van der Waals surface area contributed by atoms with Crippen LogP contribution in [0.4, 0.5) is 0 Å². The van der Waals surface area contributed by atoms with E-state index in [4.69, 9.17) is 0 Å². The molecule has 2 aromatic rings. The molecule has 0 spiro atoms. The van der Waals surface area contributed by atoms with Gasteiger partial charge in [0, 0.05) is 37.8 Å². The van der Waals surface area contributed by atoms with E-state index in [1.54, 1.807) is 11.0 Å². The average Bonchev–Trinajstić information content (AvgIpc) is 2.84. The zero-order chi connectivity index (χ0) is 20.3. The fourth-order valence-corrected chi connectivity index (χ4v) is 3.61. The lowest BCUT2D eigenvalue weighted by Gasteiger charge is -2.31. The lowest BCUT2D eigenvalue weighted by Crippen LogP contribution is -2.44. The minimum absolute atomic E-state index is 0.0417. The first-order valence-corrected chi connectivity index (χ1v) is 9.74. The van der Waals surface area contributed by atoms with Crippen molar-refractivity contribution in [3.63, 3.8) is 0 Å². The Morgan fingerprint density at radius 2 is 1.89 bits per heavy atom. The van der Waals surface area contributed by atoms with Gasteiger partial charge in [0.15, 0.2) is 0 Å². The van der Waals surface area contributed by atoms with Crippen LogP contribution in [0.25, 0.3) is 0 Å². The van der Waals surface area contributed by atoms with Crippen LogP contribution in [0.1, 0.15) is 46.9 Å². The number of aryl methyl sites for hydroxylation is 2. The maximum Gasteiger partial charge on any atom is 0.261 e. The number of hydrogen-bond donors (Lipinski definition) is 1. The van der Waals surface area contributed by atoms with Crippen molar-refractivity contribution in [1.82, 2.24) is 14.8 Å². The molecule has 0 radical (unpaired) electrons. The van der Waals surface area contributed by atoms with Crippen molar-refractivity contribution in [2.75, 3.05) is 13.1 Å². The number of hydrogen-bond acceptors (Lipinski definition) is 3. The van der Waals surface area contributed by atoms with Gasteiger partial charge in [0.1, 0.15) is 5.56 Å². The monoisotopic (exact) mass is 381 g/mol. The summed E-state index contributed by atoms with van der Waals surface area (Å²) >= 11 is 0. The standard InChI is InChI=1S/C22H27N3O3/c1-4-18-14-24(22(28)19-12-15(2)16(3)23-21(19)27)11-10-20(26)25(18)13-17-8-6-5-7-9-17/h5-9,12,18H,4,10-11,13-14H2,1-3H3,(H,23,27)/t18-/m1/s1. The van der Waals surface area contributed by atoms with Crippen molar-refractivity contribution in [3.8, 4) is 0 Å². The summed E-state index contributed by atoms with van der Waals surface area (Å²) in [5, 5.41) is 0. The zero-order valence-corrected chi connectivity index (χ0v) is 16.7. The van der Waals surface area contributed by atoms with Crippen LogP contribution in [-0.4, -0.2) is 45.7 Å². The molecule has 2 amide bonds. The summed E-state index contributed by atoms with van der Waals surface area (Å²) in [7, 11) is 0. The van der Waals surface area contributed by atoms with E-state index in [0.29, 0.717) is 19.6 Å². The number of pyridine rings is 1. The third-order valence-corrected chi connectivity index (χ3v) is 5.47. The number of rotatable bonds is 4. The van der Waals surface area contributed by atoms with Gasteiger partial charge in [-0.2, -0.15) is 0 Å². The van der Waals surface area contributed by atoms with Crippen LogP contribution in [0.2, 0.25) is 0 Å². The Hall–Kier alpha value is -2.89. The number of carbonyl (C=O) groups excluding carboxylic acids is 2. The number of benzene rings is 1. The molecule has 1 atom stereocenters. The molecule has 0 aliphatic carbocycles. The molecule has 1 fully saturated rings. The van der Waals surface area contributed by atoms with Gasteiger partial charge in [0.05, 0.1) is 0 Å². The molecule has 2 heterocycles. The molecule has 1 aliphatic heterocycles. The van der Waals surface area contributed by atoms with Gasteiger partial charge in [-0.3, -0.25) is 14.4 Å². The van der Waals surface area contributed by atoms with E-state index in [9.17, 15) is 14.4 Å². The van der Waals surface area contributed by atoms with Crippen LogP contribution in [0.15, 0.2) is 41.2 Å². The quantitative estimate of drug-likeness (QED) is 0.885. The molecule has 1 N–H and O–H groups in total. The van der Waals surface area contributed by atoms with Gasteiger partial charge >= 0.3 is 0 Å². The molecule has 1 aliphatic rings. The second-order valence-electron chi connectivity index (χ2n) is 7.39. The summed E-state index contributed by atoms with van der Waals surface area (Å²) in [5.41, 5.74) is 2.46. The first kappa shape index (κ1) is 19.9. The normalized spacial score (nSPS) is 17.5. The summed E-state index contributed by atoms with van der Waals surface area (Å²) in [6.45, 7) is 6.98. The number of nitrogens with zero attached hydrogens (tertiary/aromatic N) is 2. The molecule has 3 rings (SSSR count). The summed E-state index contributed by atoms with van der Waals surface area (Å²) in [4.78, 5) is 44.4. The van der Waals surface area contributed by atoms with E-state index in [0.717, 1.165) is 23.2 Å². The number of nitrogens with one attached hydrogen (secondary N) is 1. The molecule has 1 aromatic carbocycles. The summed E-state index contributed by atoms with van der Waals surface area (Å²) in [6, 6.07) is 11.4. The summed E-state index contributed by atoms with van der Waals surface area (Å²) in [5.74, 6) is -0.267. The SMILES string of the molecule is CC[C@@H]1CN(C(=O)c2cc(C)c(C)[nH]c2=O)CCC(=O)N1Cc1ccccc1. The minimum Gasteiger partial charge on any atom is -0.336 e. The third kappa shape index (κ3) is 4.16. The van der Waals surface area contributed by atoms with Crippen molar-refractivity contribution in [2.24, 2.45) is 0 Å². The van der Waals surface area contributed by atoms with E-state index in [1.807, 2.05) is 56.0 Å². The molecule has 148 valence electrons. The molecule has 0 saturated carbocycles. The van der Waals surface area contributed by atoms with Gasteiger partial charge in [-0.05, 0) is 37.5 Å². The Bertz CT molecular complexity index is 920. The molecular formula is C22H27N3O3. The highest BCUT2D eigenvalue weighted by Crippen LogP contribution is 2.19. The van der Waals surface area contributed by atoms with Crippen molar-refractivity contribution in [2.45, 2.75) is 46.2 Å². The third-order valence-electron chi connectivity index (χ3n) is 5.47. The van der Waals surface area contributed by atoms with E-state index < -0.39 is 0 Å². The van der Waals surface area contributed by atoms with E-state index in [-0.39, 0.29) is 35.4 Å². The van der Waals surface area contributed by atoms with Crippen LogP contribution in [0, 0.1) is 13.8 Å². The van der Waals surface area contributed by atoms with Crippen molar-refractivity contribution in [3.05, 3.63) is 69.1 Å². The van der Waals surface area contributed by atoms with E-state index in [2.05, 4.69) is 4.98 Å². The molecule has 0 unspecified atom stereocenters. The summed E-state index contributed by atoms with van der Waals surface area (Å²) in [6.07, 6.45) is 1.00. The highest BCUT2D eigenvalue weighted by Gasteiger charge is 2.31.